The minimum Gasteiger partial charge on any atom is -0.492 e. The van der Waals surface area contributed by atoms with Crippen LogP contribution in [0.2, 0.25) is 0 Å². The van der Waals surface area contributed by atoms with Gasteiger partial charge in [-0.05, 0) is 25.6 Å². The second-order valence-electron chi connectivity index (χ2n) is 4.99. The van der Waals surface area contributed by atoms with Crippen molar-refractivity contribution in [2.45, 2.75) is 26.3 Å². The summed E-state index contributed by atoms with van der Waals surface area (Å²) in [5.74, 6) is 0.0627. The summed E-state index contributed by atoms with van der Waals surface area (Å²) >= 11 is 0. The monoisotopic (exact) mass is 306 g/mol. The Hall–Kier alpha value is -2.08. The average Bonchev–Trinajstić information content (AvgIpc) is 2.51. The van der Waals surface area contributed by atoms with Crippen LogP contribution < -0.4 is 10.1 Å². The van der Waals surface area contributed by atoms with E-state index in [2.05, 4.69) is 5.32 Å². The number of esters is 1. The van der Waals surface area contributed by atoms with Gasteiger partial charge in [-0.3, -0.25) is 14.5 Å². The summed E-state index contributed by atoms with van der Waals surface area (Å²) in [5.41, 5.74) is 0.613. The molecule has 120 valence electrons. The Balaban J connectivity index is 2.01. The number of hydrogen-bond donors (Lipinski definition) is 1. The third-order valence-corrected chi connectivity index (χ3v) is 3.58. The van der Waals surface area contributed by atoms with Crippen LogP contribution in [-0.2, 0) is 14.3 Å². The van der Waals surface area contributed by atoms with E-state index < -0.39 is 6.04 Å². The number of nitrogens with zero attached hydrogens (tertiary/aromatic N) is 1. The smallest absolute Gasteiger partial charge is 0.323 e. The number of morpholine rings is 1. The van der Waals surface area contributed by atoms with Crippen molar-refractivity contribution in [3.05, 3.63) is 24.3 Å². The first-order valence-corrected chi connectivity index (χ1v) is 7.58. The highest BCUT2D eigenvalue weighted by Crippen LogP contribution is 2.24. The van der Waals surface area contributed by atoms with Crippen molar-refractivity contribution in [2.24, 2.45) is 0 Å². The summed E-state index contributed by atoms with van der Waals surface area (Å²) < 4.78 is 10.5. The lowest BCUT2D eigenvalue weighted by atomic mass is 10.1. The zero-order valence-electron chi connectivity index (χ0n) is 13.0. The maximum atomic E-state index is 12.2. The number of nitrogens with one attached hydrogen (secondary N) is 1. The van der Waals surface area contributed by atoms with Gasteiger partial charge in [-0.25, -0.2) is 0 Å². The van der Waals surface area contributed by atoms with Crippen LogP contribution in [0.5, 0.6) is 5.75 Å². The number of ether oxygens (including phenoxy) is 2. The lowest BCUT2D eigenvalue weighted by Gasteiger charge is -2.32. The van der Waals surface area contributed by atoms with Crippen LogP contribution in [0.25, 0.3) is 0 Å². The molecule has 1 heterocycles. The molecule has 1 aliphatic heterocycles. The first-order valence-electron chi connectivity index (χ1n) is 7.58. The van der Waals surface area contributed by atoms with Crippen LogP contribution in [-0.4, -0.2) is 49.1 Å². The Bertz CT molecular complexity index is 533. The summed E-state index contributed by atoms with van der Waals surface area (Å²) in [5, 5.41) is 2.81. The molecule has 1 amide bonds. The first-order chi connectivity index (χ1) is 10.7. The molecule has 1 aromatic carbocycles. The molecule has 1 atom stereocenters. The van der Waals surface area contributed by atoms with Gasteiger partial charge < -0.3 is 14.8 Å². The summed E-state index contributed by atoms with van der Waals surface area (Å²) in [7, 11) is 0. The number of rotatable bonds is 6. The number of likely N-dealkylation sites (N-methyl/N-ethyl adjacent to an activating group) is 1. The highest BCUT2D eigenvalue weighted by Gasteiger charge is 2.32. The highest BCUT2D eigenvalue weighted by molar-refractivity contribution is 5.95. The predicted octanol–water partition coefficient (Wildman–Crippen LogP) is 1.66. The van der Waals surface area contributed by atoms with Gasteiger partial charge in [-0.1, -0.05) is 19.1 Å². The van der Waals surface area contributed by atoms with Gasteiger partial charge in [0.05, 0.1) is 18.7 Å². The number of carbonyl (C=O) groups excluding carboxylic acids is 2. The molecule has 1 aromatic rings. The van der Waals surface area contributed by atoms with Crippen molar-refractivity contribution < 1.29 is 19.1 Å². The number of benzene rings is 1. The van der Waals surface area contributed by atoms with E-state index in [1.54, 1.807) is 12.1 Å². The van der Waals surface area contributed by atoms with Crippen LogP contribution in [0.4, 0.5) is 5.69 Å². The fraction of sp³-hybridized carbons (Fsp3) is 0.500. The molecule has 0 radical (unpaired) electrons. The van der Waals surface area contributed by atoms with E-state index in [4.69, 9.17) is 9.47 Å². The van der Waals surface area contributed by atoms with E-state index in [1.807, 2.05) is 30.9 Å². The molecule has 0 aromatic heterocycles. The number of para-hydroxylation sites is 2. The Kier molecular flexibility index (Phi) is 5.77. The lowest BCUT2D eigenvalue weighted by molar-refractivity contribution is -0.158. The molecule has 22 heavy (non-hydrogen) atoms. The minimum atomic E-state index is -0.516. The molecule has 0 saturated carbocycles. The third-order valence-electron chi connectivity index (χ3n) is 3.58. The predicted molar refractivity (Wildman–Crippen MR) is 82.9 cm³/mol. The zero-order valence-corrected chi connectivity index (χ0v) is 13.0. The Morgan fingerprint density at radius 2 is 2.18 bits per heavy atom. The number of carbonyl (C=O) groups is 2. The second kappa shape index (κ2) is 7.79. The third kappa shape index (κ3) is 3.98. The van der Waals surface area contributed by atoms with Crippen LogP contribution in [0, 0.1) is 0 Å². The molecule has 0 spiro atoms. The van der Waals surface area contributed by atoms with E-state index in [9.17, 15) is 9.59 Å². The van der Waals surface area contributed by atoms with Crippen molar-refractivity contribution in [2.75, 3.05) is 31.6 Å². The molecule has 1 unspecified atom stereocenters. The highest BCUT2D eigenvalue weighted by atomic mass is 16.5. The zero-order chi connectivity index (χ0) is 15.9. The fourth-order valence-corrected chi connectivity index (χ4v) is 2.48. The number of anilines is 1. The molecule has 2 rings (SSSR count). The summed E-state index contributed by atoms with van der Waals surface area (Å²) in [6, 6.07) is 6.73. The van der Waals surface area contributed by atoms with E-state index in [0.29, 0.717) is 37.7 Å². The van der Waals surface area contributed by atoms with Crippen molar-refractivity contribution in [1.82, 2.24) is 4.90 Å². The van der Waals surface area contributed by atoms with Crippen molar-refractivity contribution >= 4 is 17.6 Å². The normalized spacial score (nSPS) is 18.6. The molecule has 1 saturated heterocycles. The first kappa shape index (κ1) is 16.3. The van der Waals surface area contributed by atoms with Crippen molar-refractivity contribution in [3.63, 3.8) is 0 Å². The maximum absolute atomic E-state index is 12.2. The van der Waals surface area contributed by atoms with E-state index in [-0.39, 0.29) is 18.3 Å². The lowest BCUT2D eigenvalue weighted by Crippen LogP contribution is -2.50. The molecule has 1 N–H and O–H groups in total. The molecule has 1 fully saturated rings. The Morgan fingerprint density at radius 3 is 2.91 bits per heavy atom. The number of cyclic esters (lactones) is 1. The summed E-state index contributed by atoms with van der Waals surface area (Å²) in [6.07, 6.45) is 0.0765. The molecular weight excluding hydrogens is 284 g/mol. The van der Waals surface area contributed by atoms with E-state index in [1.165, 1.54) is 0 Å². The minimum absolute atomic E-state index is 0.0765. The van der Waals surface area contributed by atoms with Gasteiger partial charge in [0.2, 0.25) is 5.91 Å². The van der Waals surface area contributed by atoms with Gasteiger partial charge in [-0.2, -0.15) is 0 Å². The Morgan fingerprint density at radius 1 is 1.41 bits per heavy atom. The largest absolute Gasteiger partial charge is 0.492 e. The van der Waals surface area contributed by atoms with Crippen molar-refractivity contribution in [1.29, 1.82) is 0 Å². The molecule has 0 bridgehead atoms. The Labute approximate surface area is 130 Å². The van der Waals surface area contributed by atoms with Gasteiger partial charge in [-0.15, -0.1) is 0 Å². The topological polar surface area (TPSA) is 67.9 Å². The average molecular weight is 306 g/mol. The molecule has 1 aliphatic rings. The van der Waals surface area contributed by atoms with Gasteiger partial charge in [0, 0.05) is 6.54 Å². The molecule has 6 nitrogen and oxygen atoms in total. The fourth-order valence-electron chi connectivity index (χ4n) is 2.48. The second-order valence-corrected chi connectivity index (χ2v) is 4.99. The van der Waals surface area contributed by atoms with Crippen LogP contribution in [0.15, 0.2) is 24.3 Å². The molecule has 0 aliphatic carbocycles. The van der Waals surface area contributed by atoms with Crippen LogP contribution in [0.3, 0.4) is 0 Å². The standard InChI is InChI=1S/C16H22N2O4/c1-3-18-9-10-22-16(20)13(18)11-15(19)17-12-7-5-6-8-14(12)21-4-2/h5-8,13H,3-4,9-11H2,1-2H3,(H,17,19). The summed E-state index contributed by atoms with van der Waals surface area (Å²) in [6.45, 7) is 6.13. The van der Waals surface area contributed by atoms with Gasteiger partial charge in [0.15, 0.2) is 0 Å². The molecule has 6 heteroatoms. The number of hydrogen-bond acceptors (Lipinski definition) is 5. The van der Waals surface area contributed by atoms with Gasteiger partial charge in [0.1, 0.15) is 18.4 Å². The quantitative estimate of drug-likeness (QED) is 0.810. The van der Waals surface area contributed by atoms with Gasteiger partial charge >= 0.3 is 5.97 Å². The van der Waals surface area contributed by atoms with E-state index in [0.717, 1.165) is 0 Å². The van der Waals surface area contributed by atoms with E-state index >= 15 is 0 Å². The van der Waals surface area contributed by atoms with Crippen molar-refractivity contribution in [3.8, 4) is 5.75 Å². The van der Waals surface area contributed by atoms with Gasteiger partial charge in [0.25, 0.3) is 0 Å². The number of amides is 1. The molecular formula is C16H22N2O4. The summed E-state index contributed by atoms with van der Waals surface area (Å²) in [4.78, 5) is 26.1. The van der Waals surface area contributed by atoms with Crippen LogP contribution in [0.1, 0.15) is 20.3 Å². The maximum Gasteiger partial charge on any atom is 0.323 e. The SMILES string of the molecule is CCOc1ccccc1NC(=O)CC1C(=O)OCCN1CC. The van der Waals surface area contributed by atoms with Crippen LogP contribution >= 0.6 is 0 Å².